The summed E-state index contributed by atoms with van der Waals surface area (Å²) >= 11 is 0. The van der Waals surface area contributed by atoms with Crippen LogP contribution in [-0.2, 0) is 15.7 Å². The van der Waals surface area contributed by atoms with Crippen LogP contribution in [0.25, 0.3) is 0 Å². The summed E-state index contributed by atoms with van der Waals surface area (Å²) in [6.07, 6.45) is -2.73. The molecule has 0 aromatic heterocycles. The van der Waals surface area contributed by atoms with Gasteiger partial charge >= 0.3 is 6.18 Å². The standard InChI is InChI=1S/C15H19F3N2O2/c1-20(2)13-6-5-10(15(16,17)18)8-12(13)19-14(21)9-11-4-3-7-22-11/h5-6,8,11H,3-4,7,9H2,1-2H3,(H,19,21). The van der Waals surface area contributed by atoms with Crippen LogP contribution in [0.5, 0.6) is 0 Å². The number of alkyl halides is 3. The number of nitrogens with one attached hydrogen (secondary N) is 1. The van der Waals surface area contributed by atoms with Gasteiger partial charge in [0, 0.05) is 20.7 Å². The monoisotopic (exact) mass is 316 g/mol. The molecule has 1 saturated heterocycles. The molecule has 22 heavy (non-hydrogen) atoms. The molecule has 1 fully saturated rings. The molecule has 1 atom stereocenters. The van der Waals surface area contributed by atoms with E-state index in [0.717, 1.165) is 25.0 Å². The summed E-state index contributed by atoms with van der Waals surface area (Å²) in [5, 5.41) is 2.57. The van der Waals surface area contributed by atoms with E-state index in [1.807, 2.05) is 0 Å². The minimum atomic E-state index is -4.45. The fraction of sp³-hybridized carbons (Fsp3) is 0.533. The molecule has 0 aliphatic carbocycles. The Labute approximate surface area is 127 Å². The number of benzene rings is 1. The van der Waals surface area contributed by atoms with Gasteiger partial charge in [0.25, 0.3) is 0 Å². The average Bonchev–Trinajstić information content (AvgIpc) is 2.89. The lowest BCUT2D eigenvalue weighted by atomic mass is 10.1. The maximum atomic E-state index is 12.8. The summed E-state index contributed by atoms with van der Waals surface area (Å²) in [6, 6.07) is 3.32. The van der Waals surface area contributed by atoms with Crippen LogP contribution < -0.4 is 10.2 Å². The Balaban J connectivity index is 2.17. The second kappa shape index (κ2) is 6.56. The molecule has 1 amide bonds. The molecule has 0 saturated carbocycles. The minimum absolute atomic E-state index is 0.145. The first kappa shape index (κ1) is 16.6. The molecule has 2 rings (SSSR count). The third-order valence-corrected chi connectivity index (χ3v) is 3.52. The van der Waals surface area contributed by atoms with E-state index < -0.39 is 11.7 Å². The van der Waals surface area contributed by atoms with Gasteiger partial charge in [0.2, 0.25) is 5.91 Å². The number of halogens is 3. The molecule has 1 aromatic rings. The summed E-state index contributed by atoms with van der Waals surface area (Å²) < 4.78 is 43.8. The first-order chi connectivity index (χ1) is 10.3. The number of carbonyl (C=O) groups is 1. The average molecular weight is 316 g/mol. The van der Waals surface area contributed by atoms with E-state index in [4.69, 9.17) is 4.74 Å². The lowest BCUT2D eigenvalue weighted by Crippen LogP contribution is -2.21. The molecule has 0 bridgehead atoms. The number of amides is 1. The predicted octanol–water partition coefficient (Wildman–Crippen LogP) is 3.28. The summed E-state index contributed by atoms with van der Waals surface area (Å²) in [7, 11) is 3.41. The first-order valence-electron chi connectivity index (χ1n) is 7.07. The van der Waals surface area contributed by atoms with Crippen molar-refractivity contribution >= 4 is 17.3 Å². The molecule has 1 N–H and O–H groups in total. The molecule has 1 heterocycles. The molecule has 7 heteroatoms. The summed E-state index contributed by atoms with van der Waals surface area (Å²) in [4.78, 5) is 13.7. The van der Waals surface area contributed by atoms with Crippen molar-refractivity contribution in [1.29, 1.82) is 0 Å². The van der Waals surface area contributed by atoms with Crippen molar-refractivity contribution < 1.29 is 22.7 Å². The molecule has 1 aliphatic heterocycles. The number of carbonyl (C=O) groups excluding carboxylic acids is 1. The van der Waals surface area contributed by atoms with Crippen LogP contribution >= 0.6 is 0 Å². The van der Waals surface area contributed by atoms with E-state index in [2.05, 4.69) is 5.32 Å². The molecule has 1 aromatic carbocycles. The van der Waals surface area contributed by atoms with Crippen molar-refractivity contribution in [3.63, 3.8) is 0 Å². The van der Waals surface area contributed by atoms with Gasteiger partial charge in [-0.15, -0.1) is 0 Å². The summed E-state index contributed by atoms with van der Waals surface area (Å²) in [6.45, 7) is 0.629. The SMILES string of the molecule is CN(C)c1ccc(C(F)(F)F)cc1NC(=O)CC1CCCO1. The van der Waals surface area contributed by atoms with Crippen LogP contribution in [0.4, 0.5) is 24.5 Å². The van der Waals surface area contributed by atoms with E-state index in [9.17, 15) is 18.0 Å². The first-order valence-corrected chi connectivity index (χ1v) is 7.07. The van der Waals surface area contributed by atoms with Crippen LogP contribution in [0.1, 0.15) is 24.8 Å². The Kier molecular flexibility index (Phi) is 4.95. The van der Waals surface area contributed by atoms with Crippen molar-refractivity contribution in [3.8, 4) is 0 Å². The van der Waals surface area contributed by atoms with Gasteiger partial charge in [-0.25, -0.2) is 0 Å². The maximum absolute atomic E-state index is 12.8. The smallest absolute Gasteiger partial charge is 0.378 e. The van der Waals surface area contributed by atoms with E-state index in [1.165, 1.54) is 6.07 Å². The van der Waals surface area contributed by atoms with E-state index in [0.29, 0.717) is 12.3 Å². The van der Waals surface area contributed by atoms with Crippen LogP contribution in [0.3, 0.4) is 0 Å². The zero-order chi connectivity index (χ0) is 16.3. The number of nitrogens with zero attached hydrogens (tertiary/aromatic N) is 1. The van der Waals surface area contributed by atoms with E-state index >= 15 is 0 Å². The van der Waals surface area contributed by atoms with Gasteiger partial charge in [-0.3, -0.25) is 4.79 Å². The lowest BCUT2D eigenvalue weighted by Gasteiger charge is -2.20. The van der Waals surface area contributed by atoms with Crippen molar-refractivity contribution in [2.45, 2.75) is 31.5 Å². The number of anilines is 2. The fourth-order valence-electron chi connectivity index (χ4n) is 2.42. The van der Waals surface area contributed by atoms with Crippen LogP contribution in [0.15, 0.2) is 18.2 Å². The number of hydrogen-bond acceptors (Lipinski definition) is 3. The van der Waals surface area contributed by atoms with Crippen molar-refractivity contribution in [3.05, 3.63) is 23.8 Å². The van der Waals surface area contributed by atoms with Gasteiger partial charge in [-0.2, -0.15) is 13.2 Å². The molecule has 122 valence electrons. The predicted molar refractivity (Wildman–Crippen MR) is 78.0 cm³/mol. The molecule has 4 nitrogen and oxygen atoms in total. The second-order valence-electron chi connectivity index (χ2n) is 5.51. The summed E-state index contributed by atoms with van der Waals surface area (Å²) in [5.74, 6) is -0.339. The largest absolute Gasteiger partial charge is 0.416 e. The normalized spacial score (nSPS) is 18.3. The molecule has 1 unspecified atom stereocenters. The highest BCUT2D eigenvalue weighted by atomic mass is 19.4. The Morgan fingerprint density at radius 2 is 2.14 bits per heavy atom. The minimum Gasteiger partial charge on any atom is -0.378 e. The van der Waals surface area contributed by atoms with Crippen molar-refractivity contribution in [1.82, 2.24) is 0 Å². The molecule has 1 aliphatic rings. The zero-order valence-corrected chi connectivity index (χ0v) is 12.5. The highest BCUT2D eigenvalue weighted by Gasteiger charge is 2.31. The molecule has 0 spiro atoms. The highest BCUT2D eigenvalue weighted by Crippen LogP contribution is 2.35. The van der Waals surface area contributed by atoms with Crippen molar-refractivity contribution in [2.24, 2.45) is 0 Å². The Bertz CT molecular complexity index is 538. The summed E-state index contributed by atoms with van der Waals surface area (Å²) in [5.41, 5.74) is -0.109. The van der Waals surface area contributed by atoms with Gasteiger partial charge in [0.1, 0.15) is 0 Å². The van der Waals surface area contributed by atoms with Gasteiger partial charge in [0.15, 0.2) is 0 Å². The van der Waals surface area contributed by atoms with Crippen LogP contribution in [-0.4, -0.2) is 32.7 Å². The zero-order valence-electron chi connectivity index (χ0n) is 12.5. The maximum Gasteiger partial charge on any atom is 0.416 e. The van der Waals surface area contributed by atoms with Gasteiger partial charge in [-0.05, 0) is 31.0 Å². The highest BCUT2D eigenvalue weighted by molar-refractivity contribution is 5.94. The Hall–Kier alpha value is -1.76. The lowest BCUT2D eigenvalue weighted by molar-refractivity contribution is -0.137. The third-order valence-electron chi connectivity index (χ3n) is 3.52. The van der Waals surface area contributed by atoms with E-state index in [1.54, 1.807) is 19.0 Å². The van der Waals surface area contributed by atoms with Gasteiger partial charge in [-0.1, -0.05) is 0 Å². The number of hydrogen-bond donors (Lipinski definition) is 1. The molecule has 0 radical (unpaired) electrons. The van der Waals surface area contributed by atoms with E-state index in [-0.39, 0.29) is 24.1 Å². The van der Waals surface area contributed by atoms with Gasteiger partial charge < -0.3 is 15.0 Å². The quantitative estimate of drug-likeness (QED) is 0.927. The van der Waals surface area contributed by atoms with Crippen LogP contribution in [0.2, 0.25) is 0 Å². The number of rotatable bonds is 4. The third kappa shape index (κ3) is 4.13. The van der Waals surface area contributed by atoms with Crippen LogP contribution in [0, 0.1) is 0 Å². The topological polar surface area (TPSA) is 41.6 Å². The number of ether oxygens (including phenoxy) is 1. The molecular formula is C15H19F3N2O2. The second-order valence-corrected chi connectivity index (χ2v) is 5.51. The Morgan fingerprint density at radius 1 is 1.41 bits per heavy atom. The van der Waals surface area contributed by atoms with Crippen molar-refractivity contribution in [2.75, 3.05) is 30.9 Å². The Morgan fingerprint density at radius 3 is 2.68 bits per heavy atom. The fourth-order valence-corrected chi connectivity index (χ4v) is 2.42. The van der Waals surface area contributed by atoms with Gasteiger partial charge in [0.05, 0.1) is 29.5 Å². The molecular weight excluding hydrogens is 297 g/mol.